The number of amides is 4. The fourth-order valence-electron chi connectivity index (χ4n) is 4.27. The Morgan fingerprint density at radius 2 is 1.60 bits per heavy atom. The molecule has 2 aliphatic rings. The van der Waals surface area contributed by atoms with Crippen LogP contribution < -0.4 is 15.5 Å². The molecule has 0 bridgehead atoms. The lowest BCUT2D eigenvalue weighted by Gasteiger charge is -2.23. The van der Waals surface area contributed by atoms with Gasteiger partial charge in [0.25, 0.3) is 11.8 Å². The van der Waals surface area contributed by atoms with E-state index >= 15 is 0 Å². The van der Waals surface area contributed by atoms with Crippen molar-refractivity contribution in [2.45, 2.75) is 38.6 Å². The zero-order valence-corrected chi connectivity index (χ0v) is 16.7. The van der Waals surface area contributed by atoms with E-state index in [0.29, 0.717) is 22.5 Å². The average Bonchev–Trinajstić information content (AvgIpc) is 3.34. The summed E-state index contributed by atoms with van der Waals surface area (Å²) in [6.07, 6.45) is 3.88. The Kier molecular flexibility index (Phi) is 5.35. The molecule has 2 aromatic rings. The van der Waals surface area contributed by atoms with Gasteiger partial charge in [0, 0.05) is 12.6 Å². The van der Waals surface area contributed by atoms with Crippen LogP contribution >= 0.6 is 0 Å². The Hall–Kier alpha value is -3.48. The van der Waals surface area contributed by atoms with Crippen LogP contribution in [0.2, 0.25) is 0 Å². The molecule has 30 heavy (non-hydrogen) atoms. The molecule has 2 aromatic carbocycles. The van der Waals surface area contributed by atoms with Crippen molar-refractivity contribution >= 4 is 35.0 Å². The smallest absolute Gasteiger partial charge is 0.266 e. The van der Waals surface area contributed by atoms with Gasteiger partial charge in [-0.25, -0.2) is 4.90 Å². The number of rotatable bonds is 5. The van der Waals surface area contributed by atoms with Crippen LogP contribution in [0.15, 0.2) is 48.5 Å². The van der Waals surface area contributed by atoms with Crippen molar-refractivity contribution in [3.8, 4) is 0 Å². The van der Waals surface area contributed by atoms with Gasteiger partial charge in [-0.2, -0.15) is 0 Å². The van der Waals surface area contributed by atoms with Crippen molar-refractivity contribution in [3.63, 3.8) is 0 Å². The molecule has 4 rings (SSSR count). The highest BCUT2D eigenvalue weighted by atomic mass is 16.2. The lowest BCUT2D eigenvalue weighted by Crippen LogP contribution is -2.47. The number of imide groups is 1. The summed E-state index contributed by atoms with van der Waals surface area (Å²) in [6.45, 7) is 1.40. The fraction of sp³-hybridized carbons (Fsp3) is 0.304. The number of benzene rings is 2. The van der Waals surface area contributed by atoms with Crippen LogP contribution in [0.1, 0.15) is 53.3 Å². The zero-order valence-electron chi connectivity index (χ0n) is 16.7. The van der Waals surface area contributed by atoms with Gasteiger partial charge in [0.1, 0.15) is 6.04 Å². The van der Waals surface area contributed by atoms with Crippen molar-refractivity contribution in [1.82, 2.24) is 5.32 Å². The van der Waals surface area contributed by atoms with E-state index in [9.17, 15) is 19.2 Å². The van der Waals surface area contributed by atoms with Crippen LogP contribution in [-0.2, 0) is 9.59 Å². The van der Waals surface area contributed by atoms with Crippen molar-refractivity contribution in [1.29, 1.82) is 0 Å². The number of nitrogens with zero attached hydrogens (tertiary/aromatic N) is 1. The second-order valence-corrected chi connectivity index (χ2v) is 7.75. The van der Waals surface area contributed by atoms with Gasteiger partial charge < -0.3 is 10.6 Å². The topological polar surface area (TPSA) is 95.6 Å². The molecule has 1 aliphatic heterocycles. The maximum absolute atomic E-state index is 12.9. The molecule has 1 unspecified atom stereocenters. The summed E-state index contributed by atoms with van der Waals surface area (Å²) in [5.41, 5.74) is 1.58. The maximum atomic E-state index is 12.9. The van der Waals surface area contributed by atoms with E-state index in [1.54, 1.807) is 48.5 Å². The van der Waals surface area contributed by atoms with Gasteiger partial charge in [-0.15, -0.1) is 0 Å². The number of nitrogens with one attached hydrogen (secondary N) is 2. The lowest BCUT2D eigenvalue weighted by molar-refractivity contribution is -0.126. The largest absolute Gasteiger partial charge is 0.344 e. The Morgan fingerprint density at radius 1 is 0.967 bits per heavy atom. The summed E-state index contributed by atoms with van der Waals surface area (Å²) in [7, 11) is 0. The predicted octanol–water partition coefficient (Wildman–Crippen LogP) is 3.12. The van der Waals surface area contributed by atoms with E-state index in [1.807, 2.05) is 0 Å². The summed E-state index contributed by atoms with van der Waals surface area (Å²) >= 11 is 0. The lowest BCUT2D eigenvalue weighted by atomic mass is 9.97. The van der Waals surface area contributed by atoms with Crippen LogP contribution in [0, 0.1) is 5.92 Å². The van der Waals surface area contributed by atoms with Gasteiger partial charge >= 0.3 is 0 Å². The summed E-state index contributed by atoms with van der Waals surface area (Å²) in [5.74, 6) is -1.21. The molecule has 1 atom stereocenters. The molecule has 154 valence electrons. The summed E-state index contributed by atoms with van der Waals surface area (Å²) in [5, 5.41) is 5.60. The summed E-state index contributed by atoms with van der Waals surface area (Å²) in [4.78, 5) is 51.0. The van der Waals surface area contributed by atoms with Crippen molar-refractivity contribution in [2.75, 3.05) is 10.2 Å². The van der Waals surface area contributed by atoms with Crippen LogP contribution in [-0.4, -0.2) is 29.7 Å². The summed E-state index contributed by atoms with van der Waals surface area (Å²) < 4.78 is 0. The Labute approximate surface area is 174 Å². The van der Waals surface area contributed by atoms with E-state index in [4.69, 9.17) is 0 Å². The van der Waals surface area contributed by atoms with E-state index in [-0.39, 0.29) is 29.5 Å². The molecular weight excluding hydrogens is 382 g/mol. The van der Waals surface area contributed by atoms with Crippen molar-refractivity contribution < 1.29 is 19.2 Å². The predicted molar refractivity (Wildman–Crippen MR) is 112 cm³/mol. The van der Waals surface area contributed by atoms with Gasteiger partial charge in [-0.05, 0) is 49.1 Å². The third-order valence-electron chi connectivity index (χ3n) is 5.68. The SMILES string of the molecule is CC(=O)NC(C(=O)Nc1cccc(N2C(=O)c3ccccc3C2=O)c1)C1CCCC1. The number of fused-ring (bicyclic) bond motifs is 1. The molecule has 0 aromatic heterocycles. The maximum Gasteiger partial charge on any atom is 0.266 e. The van der Waals surface area contributed by atoms with E-state index in [2.05, 4.69) is 10.6 Å². The van der Waals surface area contributed by atoms with E-state index in [1.165, 1.54) is 6.92 Å². The third kappa shape index (κ3) is 3.70. The molecule has 2 N–H and O–H groups in total. The van der Waals surface area contributed by atoms with E-state index < -0.39 is 6.04 Å². The van der Waals surface area contributed by atoms with Gasteiger partial charge in [0.2, 0.25) is 11.8 Å². The number of hydrogen-bond donors (Lipinski definition) is 2. The van der Waals surface area contributed by atoms with Gasteiger partial charge in [0.05, 0.1) is 16.8 Å². The molecule has 0 radical (unpaired) electrons. The normalized spacial score (nSPS) is 17.0. The summed E-state index contributed by atoms with van der Waals surface area (Å²) in [6, 6.07) is 12.7. The minimum absolute atomic E-state index is 0.105. The first-order valence-corrected chi connectivity index (χ1v) is 10.1. The number of carbonyl (C=O) groups excluding carboxylic acids is 4. The van der Waals surface area contributed by atoms with Crippen LogP contribution in [0.5, 0.6) is 0 Å². The Balaban J connectivity index is 1.55. The second-order valence-electron chi connectivity index (χ2n) is 7.75. The highest BCUT2D eigenvalue weighted by Crippen LogP contribution is 2.31. The first-order valence-electron chi connectivity index (χ1n) is 10.1. The van der Waals surface area contributed by atoms with Crippen LogP contribution in [0.3, 0.4) is 0 Å². The van der Waals surface area contributed by atoms with Crippen molar-refractivity contribution in [2.24, 2.45) is 5.92 Å². The van der Waals surface area contributed by atoms with Crippen LogP contribution in [0.25, 0.3) is 0 Å². The minimum Gasteiger partial charge on any atom is -0.344 e. The molecule has 4 amide bonds. The molecule has 7 nitrogen and oxygen atoms in total. The standard InChI is InChI=1S/C23H23N3O4/c1-14(27)24-20(15-7-2-3-8-15)21(28)25-16-9-6-10-17(13-16)26-22(29)18-11-4-5-12-19(18)23(26)30/h4-6,9-13,15,20H,2-3,7-8H2,1H3,(H,24,27)(H,25,28). The molecule has 0 spiro atoms. The molecule has 1 aliphatic carbocycles. The number of carbonyl (C=O) groups is 4. The number of anilines is 2. The number of hydrogen-bond acceptors (Lipinski definition) is 4. The van der Waals surface area contributed by atoms with Gasteiger partial charge in [-0.3, -0.25) is 19.2 Å². The Morgan fingerprint density at radius 3 is 2.20 bits per heavy atom. The average molecular weight is 405 g/mol. The second kappa shape index (κ2) is 8.10. The zero-order chi connectivity index (χ0) is 21.3. The minimum atomic E-state index is -0.604. The molecular formula is C23H23N3O4. The molecule has 1 fully saturated rings. The molecule has 0 saturated heterocycles. The third-order valence-corrected chi connectivity index (χ3v) is 5.68. The highest BCUT2D eigenvalue weighted by Gasteiger charge is 2.36. The van der Waals surface area contributed by atoms with Crippen molar-refractivity contribution in [3.05, 3.63) is 59.7 Å². The molecule has 1 saturated carbocycles. The van der Waals surface area contributed by atoms with E-state index in [0.717, 1.165) is 30.6 Å². The van der Waals surface area contributed by atoms with Gasteiger partial charge in [0.15, 0.2) is 0 Å². The first kappa shape index (κ1) is 19.8. The Bertz CT molecular complexity index is 992. The molecule has 7 heteroatoms. The van der Waals surface area contributed by atoms with Crippen LogP contribution in [0.4, 0.5) is 11.4 Å². The fourth-order valence-corrected chi connectivity index (χ4v) is 4.27. The molecule has 1 heterocycles. The monoisotopic (exact) mass is 405 g/mol. The first-order chi connectivity index (χ1) is 14.5. The quantitative estimate of drug-likeness (QED) is 0.747. The highest BCUT2D eigenvalue weighted by molar-refractivity contribution is 6.34. The van der Waals surface area contributed by atoms with Gasteiger partial charge in [-0.1, -0.05) is 31.0 Å².